The van der Waals surface area contributed by atoms with Crippen molar-refractivity contribution in [3.05, 3.63) is 95.2 Å². The molecule has 0 bridgehead atoms. The quantitative estimate of drug-likeness (QED) is 0.340. The van der Waals surface area contributed by atoms with Crippen LogP contribution in [-0.4, -0.2) is 38.8 Å². The Bertz CT molecular complexity index is 1460. The van der Waals surface area contributed by atoms with Crippen LogP contribution in [0.5, 0.6) is 23.0 Å². The number of rotatable bonds is 7. The van der Waals surface area contributed by atoms with Crippen LogP contribution in [0.4, 0.5) is 0 Å². The largest absolute Gasteiger partial charge is 0.493 e. The van der Waals surface area contributed by atoms with Gasteiger partial charge in [-0.05, 0) is 66.8 Å². The lowest BCUT2D eigenvalue weighted by Crippen LogP contribution is -2.37. The monoisotopic (exact) mass is 525 g/mol. The lowest BCUT2D eigenvalue weighted by atomic mass is 9.69. The summed E-state index contributed by atoms with van der Waals surface area (Å²) in [5, 5.41) is 0. The summed E-state index contributed by atoms with van der Waals surface area (Å²) in [6.45, 7) is 1.83. The van der Waals surface area contributed by atoms with E-state index in [1.165, 1.54) is 7.11 Å². The third-order valence-corrected chi connectivity index (χ3v) is 7.42. The highest BCUT2D eigenvalue weighted by Gasteiger charge is 2.44. The third kappa shape index (κ3) is 5.17. The van der Waals surface area contributed by atoms with Crippen molar-refractivity contribution in [1.29, 1.82) is 0 Å². The number of hydrogen-bond donors (Lipinski definition) is 0. The summed E-state index contributed by atoms with van der Waals surface area (Å²) >= 11 is 0. The summed E-state index contributed by atoms with van der Waals surface area (Å²) in [6, 6.07) is 22.8. The van der Waals surface area contributed by atoms with Crippen LogP contribution in [0.25, 0.3) is 0 Å². The number of allylic oxidation sites excluding steroid dienone is 2. The smallest absolute Gasteiger partial charge is 0.315 e. The van der Waals surface area contributed by atoms with Crippen LogP contribution in [0.3, 0.4) is 0 Å². The molecule has 7 heteroatoms. The summed E-state index contributed by atoms with van der Waals surface area (Å²) in [7, 11) is 4.55. The van der Waals surface area contributed by atoms with Crippen molar-refractivity contribution in [2.45, 2.75) is 31.6 Å². The lowest BCUT2D eigenvalue weighted by molar-refractivity contribution is -0.143. The van der Waals surface area contributed by atoms with Crippen molar-refractivity contribution >= 4 is 17.5 Å². The van der Waals surface area contributed by atoms with Gasteiger partial charge in [0, 0.05) is 29.3 Å². The molecule has 3 aromatic carbocycles. The molecule has 0 spiro atoms. The van der Waals surface area contributed by atoms with Gasteiger partial charge in [-0.2, -0.15) is 0 Å². The molecule has 0 amide bonds. The highest BCUT2D eigenvalue weighted by molar-refractivity contribution is 6.09. The summed E-state index contributed by atoms with van der Waals surface area (Å²) in [5.74, 6) is 0.819. The number of hydrogen-bond acceptors (Lipinski definition) is 7. The average Bonchev–Trinajstić information content (AvgIpc) is 2.96. The van der Waals surface area contributed by atoms with E-state index in [1.54, 1.807) is 14.2 Å². The number of aliphatic imine (C=N–C) groups is 1. The molecule has 2 aliphatic rings. The number of benzene rings is 3. The molecular weight excluding hydrogens is 494 g/mol. The van der Waals surface area contributed by atoms with Gasteiger partial charge in [0.05, 0.1) is 21.3 Å². The van der Waals surface area contributed by atoms with Gasteiger partial charge in [-0.25, -0.2) is 0 Å². The second kappa shape index (κ2) is 11.2. The molecule has 0 saturated carbocycles. The van der Waals surface area contributed by atoms with Gasteiger partial charge < -0.3 is 18.9 Å². The first kappa shape index (κ1) is 26.2. The van der Waals surface area contributed by atoms with E-state index in [-0.39, 0.29) is 11.7 Å². The lowest BCUT2D eigenvalue weighted by Gasteiger charge is -2.36. The summed E-state index contributed by atoms with van der Waals surface area (Å²) in [5.41, 5.74) is 3.69. The molecule has 0 fully saturated rings. The summed E-state index contributed by atoms with van der Waals surface area (Å²) in [6.07, 6.45) is 0.867. The number of esters is 1. The van der Waals surface area contributed by atoms with Crippen LogP contribution in [0.2, 0.25) is 0 Å². The zero-order chi connectivity index (χ0) is 27.5. The normalized spacial score (nSPS) is 20.6. The minimum atomic E-state index is -0.706. The number of carbonyl (C=O) groups excluding carboxylic acids is 2. The Labute approximate surface area is 228 Å². The van der Waals surface area contributed by atoms with Crippen molar-refractivity contribution in [1.82, 2.24) is 0 Å². The van der Waals surface area contributed by atoms with Gasteiger partial charge in [-0.15, -0.1) is 0 Å². The highest BCUT2D eigenvalue weighted by atomic mass is 16.5. The highest BCUT2D eigenvalue weighted by Crippen LogP contribution is 2.48. The Balaban J connectivity index is 1.55. The predicted molar refractivity (Wildman–Crippen MR) is 148 cm³/mol. The maximum atomic E-state index is 13.8. The minimum Gasteiger partial charge on any atom is -0.493 e. The Morgan fingerprint density at radius 3 is 2.28 bits per heavy atom. The molecule has 200 valence electrons. The van der Waals surface area contributed by atoms with Crippen molar-refractivity contribution < 1.29 is 28.5 Å². The molecular formula is C32H31NO6. The Kier molecular flexibility index (Phi) is 7.50. The fourth-order valence-electron chi connectivity index (χ4n) is 5.59. The maximum Gasteiger partial charge on any atom is 0.315 e. The number of ether oxygens (including phenoxy) is 4. The number of carbonyl (C=O) groups is 2. The molecule has 3 aromatic rings. The Hall–Kier alpha value is -4.39. The molecule has 0 saturated heterocycles. The van der Waals surface area contributed by atoms with E-state index in [0.717, 1.165) is 11.1 Å². The summed E-state index contributed by atoms with van der Waals surface area (Å²) in [4.78, 5) is 31.7. The van der Waals surface area contributed by atoms with E-state index < -0.39 is 17.8 Å². The van der Waals surface area contributed by atoms with Gasteiger partial charge in [-0.3, -0.25) is 14.6 Å². The first-order valence-corrected chi connectivity index (χ1v) is 12.9. The van der Waals surface area contributed by atoms with E-state index in [2.05, 4.69) is 0 Å². The first-order valence-electron chi connectivity index (χ1n) is 12.9. The SMILES string of the molecule is COC(=O)C1C(C)=NC2=C(C(=O)C[C@H](c3ccc(OC)c(OC)c3)C2)[C@@H]1c1cccc(Oc2ccccc2)c1. The maximum absolute atomic E-state index is 13.8. The van der Waals surface area contributed by atoms with E-state index in [0.29, 0.717) is 52.8 Å². The van der Waals surface area contributed by atoms with Crippen molar-refractivity contribution in [2.24, 2.45) is 10.9 Å². The van der Waals surface area contributed by atoms with Gasteiger partial charge in [0.1, 0.15) is 17.4 Å². The van der Waals surface area contributed by atoms with Crippen LogP contribution >= 0.6 is 0 Å². The number of Topliss-reactive ketones (excluding diaryl/α,β-unsaturated/α-hetero) is 1. The van der Waals surface area contributed by atoms with Gasteiger partial charge in [0.15, 0.2) is 17.3 Å². The second-order valence-electron chi connectivity index (χ2n) is 9.72. The van der Waals surface area contributed by atoms with Crippen LogP contribution in [-0.2, 0) is 14.3 Å². The summed E-state index contributed by atoms with van der Waals surface area (Å²) < 4.78 is 22.1. The van der Waals surface area contributed by atoms with Gasteiger partial charge in [-0.1, -0.05) is 36.4 Å². The second-order valence-corrected chi connectivity index (χ2v) is 9.72. The molecule has 0 aromatic heterocycles. The fourth-order valence-corrected chi connectivity index (χ4v) is 5.59. The van der Waals surface area contributed by atoms with Gasteiger partial charge in [0.2, 0.25) is 0 Å². The number of nitrogens with zero attached hydrogens (tertiary/aromatic N) is 1. The molecule has 5 rings (SSSR count). The van der Waals surface area contributed by atoms with Gasteiger partial charge in [0.25, 0.3) is 0 Å². The molecule has 39 heavy (non-hydrogen) atoms. The Morgan fingerprint density at radius 2 is 1.56 bits per heavy atom. The zero-order valence-electron chi connectivity index (χ0n) is 22.5. The topological polar surface area (TPSA) is 83.4 Å². The number of para-hydroxylation sites is 1. The molecule has 3 atom stereocenters. The van der Waals surface area contributed by atoms with Crippen LogP contribution in [0.15, 0.2) is 89.1 Å². The zero-order valence-corrected chi connectivity index (χ0v) is 22.5. The van der Waals surface area contributed by atoms with Crippen molar-refractivity contribution in [3.8, 4) is 23.0 Å². The van der Waals surface area contributed by atoms with Gasteiger partial charge >= 0.3 is 5.97 Å². The van der Waals surface area contributed by atoms with Crippen LogP contribution < -0.4 is 14.2 Å². The number of ketones is 1. The molecule has 1 heterocycles. The fraction of sp³-hybridized carbons (Fsp3) is 0.281. The number of methoxy groups -OCH3 is 3. The standard InChI is InChI=1S/C32H31NO6/c1-19-29(32(35)38-4)30(21-9-8-12-24(15-21)39-23-10-6-5-7-11-23)31-25(33-19)16-22(17-26(31)34)20-13-14-27(36-2)28(18-20)37-3/h5-15,18,22,29-30H,16-17H2,1-4H3/t22-,29?,30-/m1/s1. The molecule has 0 radical (unpaired) electrons. The predicted octanol–water partition coefficient (Wildman–Crippen LogP) is 6.24. The molecule has 1 unspecified atom stereocenters. The van der Waals surface area contributed by atoms with Crippen LogP contribution in [0, 0.1) is 5.92 Å². The van der Waals surface area contributed by atoms with E-state index in [4.69, 9.17) is 23.9 Å². The average molecular weight is 526 g/mol. The Morgan fingerprint density at radius 1 is 0.821 bits per heavy atom. The van der Waals surface area contributed by atoms with Crippen molar-refractivity contribution in [3.63, 3.8) is 0 Å². The molecule has 0 N–H and O–H groups in total. The molecule has 1 aliphatic heterocycles. The van der Waals surface area contributed by atoms with Crippen molar-refractivity contribution in [2.75, 3.05) is 21.3 Å². The van der Waals surface area contributed by atoms with E-state index in [1.807, 2.05) is 79.7 Å². The molecule has 7 nitrogen and oxygen atoms in total. The molecule has 1 aliphatic carbocycles. The van der Waals surface area contributed by atoms with Crippen LogP contribution in [0.1, 0.15) is 42.7 Å². The van der Waals surface area contributed by atoms with E-state index >= 15 is 0 Å². The first-order chi connectivity index (χ1) is 18.9. The minimum absolute atomic E-state index is 0.0273. The van der Waals surface area contributed by atoms with E-state index in [9.17, 15) is 9.59 Å². The third-order valence-electron chi connectivity index (χ3n) is 7.42.